The Morgan fingerprint density at radius 1 is 1.14 bits per heavy atom. The van der Waals surface area contributed by atoms with Crippen LogP contribution in [-0.2, 0) is 9.59 Å². The number of amides is 2. The number of benzene rings is 1. The zero-order valence-corrected chi connectivity index (χ0v) is 12.8. The van der Waals surface area contributed by atoms with Crippen molar-refractivity contribution in [3.8, 4) is 0 Å². The molecule has 1 aliphatic rings. The average Bonchev–Trinajstić information content (AvgIpc) is 2.95. The molecule has 21 heavy (non-hydrogen) atoms. The minimum Gasteiger partial charge on any atom is -0.342 e. The van der Waals surface area contributed by atoms with Gasteiger partial charge in [0.05, 0.1) is 13.1 Å². The van der Waals surface area contributed by atoms with Gasteiger partial charge in [-0.25, -0.2) is 0 Å². The van der Waals surface area contributed by atoms with Crippen LogP contribution in [0, 0.1) is 6.92 Å². The molecule has 0 unspecified atom stereocenters. The van der Waals surface area contributed by atoms with Gasteiger partial charge in [0.15, 0.2) is 0 Å². The van der Waals surface area contributed by atoms with Crippen molar-refractivity contribution in [2.24, 2.45) is 0 Å². The van der Waals surface area contributed by atoms with Gasteiger partial charge < -0.3 is 10.2 Å². The van der Waals surface area contributed by atoms with Crippen LogP contribution in [-0.4, -0.2) is 54.8 Å². The first kappa shape index (κ1) is 15.5. The summed E-state index contributed by atoms with van der Waals surface area (Å²) in [5, 5.41) is 2.84. The van der Waals surface area contributed by atoms with Crippen molar-refractivity contribution in [2.75, 3.05) is 38.5 Å². The maximum Gasteiger partial charge on any atom is 0.238 e. The Bertz CT molecular complexity index is 493. The molecule has 0 saturated carbocycles. The summed E-state index contributed by atoms with van der Waals surface area (Å²) in [7, 11) is 1.79. The summed E-state index contributed by atoms with van der Waals surface area (Å²) in [6, 6.07) is 7.66. The molecule has 0 radical (unpaired) electrons. The van der Waals surface area contributed by atoms with Crippen molar-refractivity contribution in [1.82, 2.24) is 9.80 Å². The first-order chi connectivity index (χ1) is 10.0. The molecule has 5 heteroatoms. The summed E-state index contributed by atoms with van der Waals surface area (Å²) < 4.78 is 0. The monoisotopic (exact) mass is 289 g/mol. The van der Waals surface area contributed by atoms with Gasteiger partial charge in [-0.3, -0.25) is 14.5 Å². The zero-order valence-electron chi connectivity index (χ0n) is 12.8. The largest absolute Gasteiger partial charge is 0.342 e. The van der Waals surface area contributed by atoms with E-state index in [0.29, 0.717) is 6.54 Å². The lowest BCUT2D eigenvalue weighted by atomic mass is 10.2. The van der Waals surface area contributed by atoms with Crippen LogP contribution >= 0.6 is 0 Å². The number of likely N-dealkylation sites (N-methyl/N-ethyl adjacent to an activating group) is 1. The molecule has 114 valence electrons. The van der Waals surface area contributed by atoms with Crippen LogP contribution in [0.15, 0.2) is 24.3 Å². The van der Waals surface area contributed by atoms with E-state index in [1.54, 1.807) is 11.9 Å². The minimum atomic E-state index is -0.101. The Labute approximate surface area is 125 Å². The second kappa shape index (κ2) is 7.22. The van der Waals surface area contributed by atoms with E-state index in [4.69, 9.17) is 0 Å². The molecule has 2 rings (SSSR count). The molecule has 0 aromatic heterocycles. The predicted octanol–water partition coefficient (Wildman–Crippen LogP) is 1.49. The van der Waals surface area contributed by atoms with E-state index in [1.165, 1.54) is 0 Å². The Morgan fingerprint density at radius 3 is 2.38 bits per heavy atom. The highest BCUT2D eigenvalue weighted by Crippen LogP contribution is 2.09. The lowest BCUT2D eigenvalue weighted by molar-refractivity contribution is -0.131. The average molecular weight is 289 g/mol. The van der Waals surface area contributed by atoms with Crippen LogP contribution in [0.25, 0.3) is 0 Å². The molecule has 0 spiro atoms. The van der Waals surface area contributed by atoms with Crippen molar-refractivity contribution in [3.63, 3.8) is 0 Å². The summed E-state index contributed by atoms with van der Waals surface area (Å²) >= 11 is 0. The Morgan fingerprint density at radius 2 is 1.76 bits per heavy atom. The smallest absolute Gasteiger partial charge is 0.238 e. The predicted molar refractivity (Wildman–Crippen MR) is 83.1 cm³/mol. The molecule has 0 atom stereocenters. The van der Waals surface area contributed by atoms with Gasteiger partial charge in [0.1, 0.15) is 0 Å². The van der Waals surface area contributed by atoms with E-state index < -0.39 is 0 Å². The molecule has 5 nitrogen and oxygen atoms in total. The molecule has 1 aliphatic heterocycles. The standard InChI is InChI=1S/C16H23N3O2/c1-13-5-7-14(8-6-13)17-15(20)11-18(2)12-16(21)19-9-3-4-10-19/h5-8H,3-4,9-12H2,1-2H3,(H,17,20). The number of carbonyl (C=O) groups is 2. The number of hydrogen-bond donors (Lipinski definition) is 1. The second-order valence-electron chi connectivity index (χ2n) is 5.67. The molecule has 0 bridgehead atoms. The van der Waals surface area contributed by atoms with E-state index in [0.717, 1.165) is 37.2 Å². The Kier molecular flexibility index (Phi) is 5.33. The third kappa shape index (κ3) is 4.86. The van der Waals surface area contributed by atoms with E-state index >= 15 is 0 Å². The van der Waals surface area contributed by atoms with Gasteiger partial charge in [-0.05, 0) is 38.9 Å². The lowest BCUT2D eigenvalue weighted by Crippen LogP contribution is -2.40. The van der Waals surface area contributed by atoms with E-state index in [9.17, 15) is 9.59 Å². The number of nitrogens with zero attached hydrogens (tertiary/aromatic N) is 2. The highest BCUT2D eigenvalue weighted by molar-refractivity contribution is 5.92. The maximum absolute atomic E-state index is 12.0. The number of hydrogen-bond acceptors (Lipinski definition) is 3. The summed E-state index contributed by atoms with van der Waals surface area (Å²) in [4.78, 5) is 27.5. The first-order valence-electron chi connectivity index (χ1n) is 7.37. The molecule has 1 fully saturated rings. The fourth-order valence-corrected chi connectivity index (χ4v) is 2.44. The fraction of sp³-hybridized carbons (Fsp3) is 0.500. The molecule has 1 aromatic carbocycles. The van der Waals surface area contributed by atoms with E-state index in [2.05, 4.69) is 5.32 Å². The Balaban J connectivity index is 1.76. The number of aryl methyl sites for hydroxylation is 1. The SMILES string of the molecule is Cc1ccc(NC(=O)CN(C)CC(=O)N2CCCC2)cc1. The van der Waals surface area contributed by atoms with Crippen molar-refractivity contribution in [2.45, 2.75) is 19.8 Å². The molecular weight excluding hydrogens is 266 g/mol. The first-order valence-corrected chi connectivity index (χ1v) is 7.37. The highest BCUT2D eigenvalue weighted by Gasteiger charge is 2.19. The van der Waals surface area contributed by atoms with Gasteiger partial charge in [-0.2, -0.15) is 0 Å². The number of rotatable bonds is 5. The van der Waals surface area contributed by atoms with Gasteiger partial charge in [-0.15, -0.1) is 0 Å². The number of anilines is 1. The number of nitrogens with one attached hydrogen (secondary N) is 1. The van der Waals surface area contributed by atoms with Gasteiger partial charge in [0, 0.05) is 18.8 Å². The normalized spacial score (nSPS) is 14.5. The maximum atomic E-state index is 12.0. The van der Waals surface area contributed by atoms with Crippen LogP contribution in [0.3, 0.4) is 0 Å². The van der Waals surface area contributed by atoms with Crippen molar-refractivity contribution in [3.05, 3.63) is 29.8 Å². The molecular formula is C16H23N3O2. The molecule has 1 saturated heterocycles. The minimum absolute atomic E-state index is 0.101. The van der Waals surface area contributed by atoms with E-state index in [1.807, 2.05) is 36.1 Å². The third-order valence-electron chi connectivity index (χ3n) is 3.61. The quantitative estimate of drug-likeness (QED) is 0.893. The third-order valence-corrected chi connectivity index (χ3v) is 3.61. The van der Waals surface area contributed by atoms with Gasteiger partial charge in [-0.1, -0.05) is 17.7 Å². The van der Waals surface area contributed by atoms with E-state index in [-0.39, 0.29) is 18.4 Å². The number of likely N-dealkylation sites (tertiary alicyclic amines) is 1. The fourth-order valence-electron chi connectivity index (χ4n) is 2.44. The van der Waals surface area contributed by atoms with Crippen LogP contribution < -0.4 is 5.32 Å². The van der Waals surface area contributed by atoms with Crippen molar-refractivity contribution in [1.29, 1.82) is 0 Å². The molecule has 1 heterocycles. The van der Waals surface area contributed by atoms with Crippen LogP contribution in [0.2, 0.25) is 0 Å². The van der Waals surface area contributed by atoms with Gasteiger partial charge in [0.2, 0.25) is 11.8 Å². The molecule has 0 aliphatic carbocycles. The highest BCUT2D eigenvalue weighted by atomic mass is 16.2. The zero-order chi connectivity index (χ0) is 15.2. The Hall–Kier alpha value is -1.88. The summed E-state index contributed by atoms with van der Waals surface area (Å²) in [5.74, 6) is 0.00807. The molecule has 2 amide bonds. The summed E-state index contributed by atoms with van der Waals surface area (Å²) in [6.45, 7) is 4.21. The van der Waals surface area contributed by atoms with Crippen LogP contribution in [0.5, 0.6) is 0 Å². The second-order valence-corrected chi connectivity index (χ2v) is 5.67. The summed E-state index contributed by atoms with van der Waals surface area (Å²) in [6.07, 6.45) is 2.17. The van der Waals surface area contributed by atoms with Crippen LogP contribution in [0.4, 0.5) is 5.69 Å². The van der Waals surface area contributed by atoms with Crippen molar-refractivity contribution >= 4 is 17.5 Å². The van der Waals surface area contributed by atoms with Gasteiger partial charge in [0.25, 0.3) is 0 Å². The lowest BCUT2D eigenvalue weighted by Gasteiger charge is -2.20. The molecule has 1 aromatic rings. The summed E-state index contributed by atoms with van der Waals surface area (Å²) in [5.41, 5.74) is 1.94. The van der Waals surface area contributed by atoms with Gasteiger partial charge >= 0.3 is 0 Å². The van der Waals surface area contributed by atoms with Crippen molar-refractivity contribution < 1.29 is 9.59 Å². The topological polar surface area (TPSA) is 52.7 Å². The van der Waals surface area contributed by atoms with Crippen LogP contribution in [0.1, 0.15) is 18.4 Å². The number of carbonyl (C=O) groups excluding carboxylic acids is 2. The molecule has 1 N–H and O–H groups in total.